The van der Waals surface area contributed by atoms with Crippen molar-refractivity contribution in [3.63, 3.8) is 0 Å². The Morgan fingerprint density at radius 2 is 1.96 bits per heavy atom. The number of H-pyrrole nitrogens is 1. The summed E-state index contributed by atoms with van der Waals surface area (Å²) in [6.07, 6.45) is 1.33. The molecule has 1 aromatic heterocycles. The second-order valence-corrected chi connectivity index (χ2v) is 5.68. The molecule has 0 radical (unpaired) electrons. The molecule has 0 aliphatic rings. The predicted molar refractivity (Wildman–Crippen MR) is 95.3 cm³/mol. The number of anilines is 1. The van der Waals surface area contributed by atoms with E-state index < -0.39 is 17.3 Å². The van der Waals surface area contributed by atoms with Gasteiger partial charge >= 0.3 is 5.97 Å². The molecule has 0 saturated heterocycles. The quantitative estimate of drug-likeness (QED) is 0.705. The summed E-state index contributed by atoms with van der Waals surface area (Å²) in [5.74, 6) is -1.10. The average Bonchev–Trinajstić information content (AvgIpc) is 2.61. The summed E-state index contributed by atoms with van der Waals surface area (Å²) < 4.78 is 4.64. The van der Waals surface area contributed by atoms with Crippen molar-refractivity contribution in [1.29, 1.82) is 0 Å². The first-order valence-corrected chi connectivity index (χ1v) is 7.68. The van der Waals surface area contributed by atoms with Crippen LogP contribution in [0.5, 0.6) is 0 Å². The Morgan fingerprint density at radius 1 is 1.16 bits per heavy atom. The van der Waals surface area contributed by atoms with Gasteiger partial charge in [-0.05, 0) is 36.4 Å². The van der Waals surface area contributed by atoms with Gasteiger partial charge < -0.3 is 15.0 Å². The van der Waals surface area contributed by atoms with Gasteiger partial charge in [-0.1, -0.05) is 17.7 Å². The van der Waals surface area contributed by atoms with Crippen molar-refractivity contribution in [2.45, 2.75) is 0 Å². The summed E-state index contributed by atoms with van der Waals surface area (Å²) >= 11 is 5.89. The van der Waals surface area contributed by atoms with E-state index in [4.69, 9.17) is 11.6 Å². The molecule has 126 valence electrons. The Morgan fingerprint density at radius 3 is 2.72 bits per heavy atom. The zero-order valence-electron chi connectivity index (χ0n) is 13.1. The second kappa shape index (κ2) is 6.78. The van der Waals surface area contributed by atoms with Crippen LogP contribution in [0.4, 0.5) is 5.69 Å². The molecule has 1 amide bonds. The molecule has 0 atom stereocenters. The molecule has 25 heavy (non-hydrogen) atoms. The highest BCUT2D eigenvalue weighted by atomic mass is 35.5. The first-order chi connectivity index (χ1) is 12.0. The van der Waals surface area contributed by atoms with Gasteiger partial charge in [0.2, 0.25) is 5.43 Å². The number of rotatable bonds is 3. The molecular weight excluding hydrogens is 344 g/mol. The maximum absolute atomic E-state index is 12.5. The highest BCUT2D eigenvalue weighted by Crippen LogP contribution is 2.16. The number of halogens is 1. The maximum atomic E-state index is 12.5. The van der Waals surface area contributed by atoms with Crippen LogP contribution >= 0.6 is 11.6 Å². The summed E-state index contributed by atoms with van der Waals surface area (Å²) in [6, 6.07) is 11.0. The topological polar surface area (TPSA) is 88.3 Å². The highest BCUT2D eigenvalue weighted by molar-refractivity contribution is 6.31. The number of fused-ring (bicyclic) bond motifs is 1. The van der Waals surface area contributed by atoms with Crippen LogP contribution in [0.25, 0.3) is 10.9 Å². The van der Waals surface area contributed by atoms with Crippen LogP contribution < -0.4 is 10.7 Å². The number of esters is 1. The number of aromatic nitrogens is 1. The fourth-order valence-electron chi connectivity index (χ4n) is 2.40. The maximum Gasteiger partial charge on any atom is 0.337 e. The van der Waals surface area contributed by atoms with Crippen LogP contribution in [-0.4, -0.2) is 24.0 Å². The molecule has 0 aliphatic heterocycles. The number of ether oxygens (including phenoxy) is 1. The van der Waals surface area contributed by atoms with E-state index in [1.807, 2.05) is 0 Å². The van der Waals surface area contributed by atoms with E-state index >= 15 is 0 Å². The number of carbonyl (C=O) groups excluding carboxylic acids is 2. The van der Waals surface area contributed by atoms with Gasteiger partial charge in [0.25, 0.3) is 5.91 Å². The SMILES string of the molecule is COC(=O)c1cccc(NC(=O)c2c[nH]c3cc(Cl)ccc3c2=O)c1. The van der Waals surface area contributed by atoms with Crippen molar-refractivity contribution in [2.75, 3.05) is 12.4 Å². The number of amides is 1. The minimum atomic E-state index is -0.583. The fourth-order valence-corrected chi connectivity index (χ4v) is 2.58. The zero-order chi connectivity index (χ0) is 18.0. The molecular formula is C18H13ClN2O4. The van der Waals surface area contributed by atoms with Crippen molar-refractivity contribution in [3.05, 3.63) is 75.0 Å². The fraction of sp³-hybridized carbons (Fsp3) is 0.0556. The lowest BCUT2D eigenvalue weighted by Crippen LogP contribution is -2.22. The van der Waals surface area contributed by atoms with Crippen molar-refractivity contribution >= 4 is 40.1 Å². The highest BCUT2D eigenvalue weighted by Gasteiger charge is 2.14. The molecule has 0 fully saturated rings. The minimum absolute atomic E-state index is 0.0432. The van der Waals surface area contributed by atoms with Crippen molar-refractivity contribution in [2.24, 2.45) is 0 Å². The van der Waals surface area contributed by atoms with Crippen LogP contribution in [0, 0.1) is 0 Å². The lowest BCUT2D eigenvalue weighted by Gasteiger charge is -2.07. The van der Waals surface area contributed by atoms with Gasteiger partial charge in [-0.3, -0.25) is 9.59 Å². The third kappa shape index (κ3) is 3.39. The van der Waals surface area contributed by atoms with E-state index in [2.05, 4.69) is 15.0 Å². The number of benzene rings is 2. The van der Waals surface area contributed by atoms with E-state index in [0.717, 1.165) is 0 Å². The van der Waals surface area contributed by atoms with Gasteiger partial charge in [0, 0.05) is 22.3 Å². The van der Waals surface area contributed by atoms with Crippen LogP contribution in [0.15, 0.2) is 53.5 Å². The molecule has 0 spiro atoms. The molecule has 6 nitrogen and oxygen atoms in total. The molecule has 0 saturated carbocycles. The van der Waals surface area contributed by atoms with Crippen LogP contribution in [-0.2, 0) is 4.74 Å². The molecule has 2 aromatic carbocycles. The Balaban J connectivity index is 1.93. The average molecular weight is 357 g/mol. The number of methoxy groups -OCH3 is 1. The van der Waals surface area contributed by atoms with Gasteiger partial charge in [0.15, 0.2) is 0 Å². The van der Waals surface area contributed by atoms with E-state index in [0.29, 0.717) is 27.2 Å². The number of carbonyl (C=O) groups is 2. The van der Waals surface area contributed by atoms with Crippen molar-refractivity contribution < 1.29 is 14.3 Å². The number of pyridine rings is 1. The molecule has 7 heteroatoms. The summed E-state index contributed by atoms with van der Waals surface area (Å²) in [7, 11) is 1.27. The Hall–Kier alpha value is -3.12. The number of hydrogen-bond donors (Lipinski definition) is 2. The van der Waals surface area contributed by atoms with Crippen molar-refractivity contribution in [3.8, 4) is 0 Å². The van der Waals surface area contributed by atoms with Gasteiger partial charge in [-0.25, -0.2) is 4.79 Å². The van der Waals surface area contributed by atoms with E-state index in [9.17, 15) is 14.4 Å². The summed E-state index contributed by atoms with van der Waals surface area (Å²) in [6.45, 7) is 0. The minimum Gasteiger partial charge on any atom is -0.465 e. The van der Waals surface area contributed by atoms with Gasteiger partial charge in [0.1, 0.15) is 5.56 Å². The normalized spacial score (nSPS) is 10.5. The zero-order valence-corrected chi connectivity index (χ0v) is 13.9. The Labute approximate surface area is 147 Å². The third-order valence-corrected chi connectivity index (χ3v) is 3.86. The van der Waals surface area contributed by atoms with Gasteiger partial charge in [0.05, 0.1) is 18.2 Å². The molecule has 1 heterocycles. The van der Waals surface area contributed by atoms with E-state index in [1.165, 1.54) is 19.4 Å². The molecule has 2 N–H and O–H groups in total. The standard InChI is InChI=1S/C18H13ClN2O4/c1-25-18(24)10-3-2-4-12(7-10)21-17(23)14-9-20-15-8-11(19)5-6-13(15)16(14)22/h2-9H,1H3,(H,20,22)(H,21,23). The number of nitrogens with one attached hydrogen (secondary N) is 2. The van der Waals surface area contributed by atoms with Gasteiger partial charge in [-0.2, -0.15) is 0 Å². The first-order valence-electron chi connectivity index (χ1n) is 7.30. The molecule has 0 unspecified atom stereocenters. The Kier molecular flexibility index (Phi) is 4.54. The smallest absolute Gasteiger partial charge is 0.337 e. The van der Waals surface area contributed by atoms with E-state index in [-0.39, 0.29) is 5.56 Å². The lowest BCUT2D eigenvalue weighted by atomic mass is 10.1. The van der Waals surface area contributed by atoms with Crippen LogP contribution in [0.3, 0.4) is 0 Å². The lowest BCUT2D eigenvalue weighted by molar-refractivity contribution is 0.0600. The number of aromatic amines is 1. The van der Waals surface area contributed by atoms with Gasteiger partial charge in [-0.15, -0.1) is 0 Å². The monoisotopic (exact) mass is 356 g/mol. The molecule has 0 bridgehead atoms. The predicted octanol–water partition coefficient (Wildman–Crippen LogP) is 3.22. The first kappa shape index (κ1) is 16.7. The Bertz CT molecular complexity index is 1040. The van der Waals surface area contributed by atoms with Crippen LogP contribution in [0.2, 0.25) is 5.02 Å². The van der Waals surface area contributed by atoms with E-state index in [1.54, 1.807) is 36.4 Å². The molecule has 3 aromatic rings. The third-order valence-electron chi connectivity index (χ3n) is 3.63. The molecule has 0 aliphatic carbocycles. The largest absolute Gasteiger partial charge is 0.465 e. The number of hydrogen-bond acceptors (Lipinski definition) is 4. The summed E-state index contributed by atoms with van der Waals surface area (Å²) in [5.41, 5.74) is 0.762. The second-order valence-electron chi connectivity index (χ2n) is 5.25. The van der Waals surface area contributed by atoms with Crippen molar-refractivity contribution in [1.82, 2.24) is 4.98 Å². The summed E-state index contributed by atoms with van der Waals surface area (Å²) in [5, 5.41) is 3.45. The van der Waals surface area contributed by atoms with Crippen LogP contribution in [0.1, 0.15) is 20.7 Å². The molecule has 3 rings (SSSR count). The summed E-state index contributed by atoms with van der Waals surface area (Å²) in [4.78, 5) is 39.4.